The zero-order valence-electron chi connectivity index (χ0n) is 9.81. The van der Waals surface area contributed by atoms with E-state index in [1.54, 1.807) is 6.07 Å². The highest BCUT2D eigenvalue weighted by Crippen LogP contribution is 2.32. The Kier molecular flexibility index (Phi) is 3.45. The van der Waals surface area contributed by atoms with Gasteiger partial charge in [-0.05, 0) is 30.7 Å². The molecular weight excluding hydrogens is 278 g/mol. The minimum atomic E-state index is -4.49. The molecule has 0 spiro atoms. The van der Waals surface area contributed by atoms with Crippen molar-refractivity contribution in [2.45, 2.75) is 13.1 Å². The normalized spacial score (nSPS) is 11.6. The van der Waals surface area contributed by atoms with Crippen LogP contribution in [0.5, 0.6) is 0 Å². The van der Waals surface area contributed by atoms with Crippen LogP contribution in [0.15, 0.2) is 30.3 Å². The number of aromatic amines is 1. The minimum Gasteiger partial charge on any atom is -0.346 e. The predicted molar refractivity (Wildman–Crippen MR) is 66.8 cm³/mol. The smallest absolute Gasteiger partial charge is 0.346 e. The van der Waals surface area contributed by atoms with E-state index in [0.29, 0.717) is 5.56 Å². The van der Waals surface area contributed by atoms with Gasteiger partial charge < -0.3 is 4.98 Å². The number of halogens is 4. The van der Waals surface area contributed by atoms with Crippen molar-refractivity contribution >= 4 is 12.2 Å². The number of pyridine rings is 1. The van der Waals surface area contributed by atoms with Gasteiger partial charge in [0.05, 0.1) is 5.56 Å². The van der Waals surface area contributed by atoms with Crippen LogP contribution in [-0.2, 0) is 6.18 Å². The summed E-state index contributed by atoms with van der Waals surface area (Å²) in [6.07, 6.45) is -4.49. The molecule has 1 heterocycles. The van der Waals surface area contributed by atoms with Gasteiger partial charge in [0.2, 0.25) is 0 Å². The molecule has 1 nitrogen and oxygen atoms in total. The molecule has 0 saturated heterocycles. The van der Waals surface area contributed by atoms with Gasteiger partial charge in [0.15, 0.2) is 0 Å². The molecule has 1 aromatic heterocycles. The van der Waals surface area contributed by atoms with Crippen LogP contribution in [0.2, 0.25) is 0 Å². The van der Waals surface area contributed by atoms with E-state index < -0.39 is 17.6 Å². The second-order valence-corrected chi connectivity index (χ2v) is 4.50. The number of hydrogen-bond donors (Lipinski definition) is 1. The Balaban J connectivity index is 2.67. The van der Waals surface area contributed by atoms with Crippen LogP contribution in [0.1, 0.15) is 11.1 Å². The third-order valence-corrected chi connectivity index (χ3v) is 2.95. The SMILES string of the molecule is Cc1c(F)cccc1-c1cc(C(F)(F)F)cc(=S)[nH]1. The molecule has 0 aliphatic carbocycles. The van der Waals surface area contributed by atoms with Crippen LogP contribution < -0.4 is 0 Å². The standard InChI is InChI=1S/C13H9F4NS/c1-7-9(3-2-4-10(7)14)11-5-8(13(15,16)17)6-12(19)18-11/h2-6H,1H3,(H,18,19). The molecule has 0 atom stereocenters. The first-order valence-electron chi connectivity index (χ1n) is 5.36. The maximum absolute atomic E-state index is 13.4. The largest absolute Gasteiger partial charge is 0.416 e. The molecule has 1 aromatic carbocycles. The Morgan fingerprint density at radius 3 is 2.47 bits per heavy atom. The lowest BCUT2D eigenvalue weighted by atomic mass is 10.0. The van der Waals surface area contributed by atoms with Crippen molar-refractivity contribution in [1.29, 1.82) is 0 Å². The molecule has 2 aromatic rings. The summed E-state index contributed by atoms with van der Waals surface area (Å²) in [6, 6.07) is 6.00. The molecule has 19 heavy (non-hydrogen) atoms. The van der Waals surface area contributed by atoms with E-state index in [2.05, 4.69) is 4.98 Å². The van der Waals surface area contributed by atoms with E-state index in [1.165, 1.54) is 19.1 Å². The zero-order chi connectivity index (χ0) is 14.2. The number of hydrogen-bond acceptors (Lipinski definition) is 1. The van der Waals surface area contributed by atoms with Gasteiger partial charge in [-0.2, -0.15) is 13.2 Å². The predicted octanol–water partition coefficient (Wildman–Crippen LogP) is 4.88. The summed E-state index contributed by atoms with van der Waals surface area (Å²) >= 11 is 4.78. The van der Waals surface area contributed by atoms with Gasteiger partial charge in [0, 0.05) is 11.3 Å². The fourth-order valence-corrected chi connectivity index (χ4v) is 1.99. The van der Waals surface area contributed by atoms with Crippen LogP contribution in [0.3, 0.4) is 0 Å². The van der Waals surface area contributed by atoms with Crippen LogP contribution in [0.25, 0.3) is 11.3 Å². The number of nitrogens with one attached hydrogen (secondary N) is 1. The first kappa shape index (κ1) is 13.7. The molecule has 0 aliphatic rings. The first-order chi connectivity index (χ1) is 8.79. The van der Waals surface area contributed by atoms with Crippen LogP contribution >= 0.6 is 12.2 Å². The van der Waals surface area contributed by atoms with Crippen molar-refractivity contribution < 1.29 is 17.6 Å². The molecule has 0 bridgehead atoms. The van der Waals surface area contributed by atoms with Gasteiger partial charge in [-0.25, -0.2) is 4.39 Å². The van der Waals surface area contributed by atoms with Crippen molar-refractivity contribution in [1.82, 2.24) is 4.98 Å². The Hall–Kier alpha value is -1.69. The summed E-state index contributed by atoms with van der Waals surface area (Å²) in [4.78, 5) is 2.65. The molecule has 100 valence electrons. The van der Waals surface area contributed by atoms with Crippen LogP contribution in [0.4, 0.5) is 17.6 Å². The summed E-state index contributed by atoms with van der Waals surface area (Å²) in [5.41, 5.74) is -0.0728. The molecular formula is C13H9F4NS. The van der Waals surface area contributed by atoms with Gasteiger partial charge in [0.25, 0.3) is 0 Å². The van der Waals surface area contributed by atoms with E-state index >= 15 is 0 Å². The topological polar surface area (TPSA) is 15.8 Å². The van der Waals surface area contributed by atoms with Crippen LogP contribution in [0, 0.1) is 17.4 Å². The number of aromatic nitrogens is 1. The maximum atomic E-state index is 13.4. The summed E-state index contributed by atoms with van der Waals surface area (Å²) in [5.74, 6) is -0.478. The first-order valence-corrected chi connectivity index (χ1v) is 5.77. The molecule has 1 N–H and O–H groups in total. The second kappa shape index (κ2) is 4.77. The van der Waals surface area contributed by atoms with E-state index in [-0.39, 0.29) is 15.9 Å². The molecule has 0 unspecified atom stereocenters. The lowest BCUT2D eigenvalue weighted by Gasteiger charge is -2.11. The Morgan fingerprint density at radius 1 is 1.16 bits per heavy atom. The third kappa shape index (κ3) is 2.84. The molecule has 6 heteroatoms. The van der Waals surface area contributed by atoms with Gasteiger partial charge >= 0.3 is 6.18 Å². The molecule has 2 rings (SSSR count). The van der Waals surface area contributed by atoms with E-state index in [4.69, 9.17) is 12.2 Å². The molecule has 0 fully saturated rings. The number of benzene rings is 1. The monoisotopic (exact) mass is 287 g/mol. The van der Waals surface area contributed by atoms with Crippen molar-refractivity contribution in [3.8, 4) is 11.3 Å². The van der Waals surface area contributed by atoms with E-state index in [0.717, 1.165) is 12.1 Å². The second-order valence-electron chi connectivity index (χ2n) is 4.06. The highest BCUT2D eigenvalue weighted by atomic mass is 32.1. The van der Waals surface area contributed by atoms with Crippen molar-refractivity contribution in [3.05, 3.63) is 51.9 Å². The number of H-pyrrole nitrogens is 1. The molecule has 0 amide bonds. The summed E-state index contributed by atoms with van der Waals surface area (Å²) in [7, 11) is 0. The van der Waals surface area contributed by atoms with Gasteiger partial charge in [-0.15, -0.1) is 0 Å². The average molecular weight is 287 g/mol. The Labute approximate surface area is 111 Å². The summed E-state index contributed by atoms with van der Waals surface area (Å²) < 4.78 is 51.5. The summed E-state index contributed by atoms with van der Waals surface area (Å²) in [6.45, 7) is 1.50. The van der Waals surface area contributed by atoms with Crippen LogP contribution in [-0.4, -0.2) is 4.98 Å². The fraction of sp³-hybridized carbons (Fsp3) is 0.154. The number of rotatable bonds is 1. The van der Waals surface area contributed by atoms with E-state index in [1.807, 2.05) is 0 Å². The van der Waals surface area contributed by atoms with Crippen molar-refractivity contribution in [2.24, 2.45) is 0 Å². The molecule has 0 saturated carbocycles. The van der Waals surface area contributed by atoms with Gasteiger partial charge in [-0.1, -0.05) is 24.4 Å². The lowest BCUT2D eigenvalue weighted by Crippen LogP contribution is -2.06. The van der Waals surface area contributed by atoms with Crippen molar-refractivity contribution in [3.63, 3.8) is 0 Å². The zero-order valence-corrected chi connectivity index (χ0v) is 10.6. The average Bonchev–Trinajstić information content (AvgIpc) is 2.31. The van der Waals surface area contributed by atoms with Gasteiger partial charge in [0.1, 0.15) is 10.5 Å². The third-order valence-electron chi connectivity index (χ3n) is 2.73. The van der Waals surface area contributed by atoms with Gasteiger partial charge in [-0.3, -0.25) is 0 Å². The quantitative estimate of drug-likeness (QED) is 0.584. The minimum absolute atomic E-state index is 0.0477. The van der Waals surface area contributed by atoms with E-state index in [9.17, 15) is 17.6 Å². The van der Waals surface area contributed by atoms with Crippen molar-refractivity contribution in [2.75, 3.05) is 0 Å². The lowest BCUT2D eigenvalue weighted by molar-refractivity contribution is -0.137. The summed E-state index contributed by atoms with van der Waals surface area (Å²) in [5, 5.41) is 0. The fourth-order valence-electron chi connectivity index (χ4n) is 1.75. The number of alkyl halides is 3. The molecule has 0 aliphatic heterocycles. The molecule has 0 radical (unpaired) electrons. The Bertz CT molecular complexity index is 673. The Morgan fingerprint density at radius 2 is 1.84 bits per heavy atom. The highest BCUT2D eigenvalue weighted by molar-refractivity contribution is 7.71. The highest BCUT2D eigenvalue weighted by Gasteiger charge is 2.31. The maximum Gasteiger partial charge on any atom is 0.416 e.